The lowest BCUT2D eigenvalue weighted by Crippen LogP contribution is -2.15. The molecule has 0 saturated heterocycles. The van der Waals surface area contributed by atoms with Crippen LogP contribution >= 0.6 is 0 Å². The minimum absolute atomic E-state index is 1.17. The molecular weight excluding hydrogens is 89.8 g/mol. The van der Waals surface area contributed by atoms with Crippen LogP contribution in [0.1, 0.15) is 0 Å². The van der Waals surface area contributed by atoms with Crippen molar-refractivity contribution in [1.29, 1.82) is 0 Å². The molecule has 0 spiro atoms. The van der Waals surface area contributed by atoms with Gasteiger partial charge in [-0.05, 0) is 0 Å². The lowest BCUT2D eigenvalue weighted by molar-refractivity contribution is 0.117. The Morgan fingerprint density at radius 2 is 2.17 bits per heavy atom. The van der Waals surface area contributed by atoms with Crippen LogP contribution < -0.4 is 0 Å². The summed E-state index contributed by atoms with van der Waals surface area (Å²) >= 11 is 0. The van der Waals surface area contributed by atoms with Crippen molar-refractivity contribution in [1.82, 2.24) is 0 Å². The number of hydrogen-bond acceptors (Lipinski definition) is 3. The standard InChI is InChI=1S/CH4BFO3/c3-1-6-2(4)5/h4-5H,1H2. The van der Waals surface area contributed by atoms with Gasteiger partial charge in [-0.2, -0.15) is 0 Å². The van der Waals surface area contributed by atoms with Gasteiger partial charge >= 0.3 is 7.32 Å². The normalized spacial score (nSPS) is 8.50. The van der Waals surface area contributed by atoms with Crippen LogP contribution in [0.15, 0.2) is 0 Å². The topological polar surface area (TPSA) is 49.7 Å². The minimum Gasteiger partial charge on any atom is -0.402 e. The summed E-state index contributed by atoms with van der Waals surface area (Å²) in [6, 6.07) is 0. The summed E-state index contributed by atoms with van der Waals surface area (Å²) in [6.45, 7) is -1.17. The molecule has 0 aromatic rings. The Morgan fingerprint density at radius 3 is 2.17 bits per heavy atom. The van der Waals surface area contributed by atoms with E-state index in [1.165, 1.54) is 0 Å². The van der Waals surface area contributed by atoms with E-state index in [0.29, 0.717) is 0 Å². The Morgan fingerprint density at radius 1 is 1.67 bits per heavy atom. The Kier molecular flexibility index (Phi) is 3.02. The van der Waals surface area contributed by atoms with E-state index >= 15 is 0 Å². The zero-order chi connectivity index (χ0) is 4.99. The van der Waals surface area contributed by atoms with Crippen LogP contribution in [0, 0.1) is 0 Å². The largest absolute Gasteiger partial charge is 0.635 e. The van der Waals surface area contributed by atoms with Gasteiger partial charge in [0.05, 0.1) is 0 Å². The predicted octanol–water partition coefficient (Wildman–Crippen LogP) is -1.10. The van der Waals surface area contributed by atoms with Gasteiger partial charge in [0.15, 0.2) is 6.86 Å². The molecule has 0 aliphatic rings. The summed E-state index contributed by atoms with van der Waals surface area (Å²) < 4.78 is 14.2. The van der Waals surface area contributed by atoms with Gasteiger partial charge in [0.1, 0.15) is 0 Å². The molecule has 6 heavy (non-hydrogen) atoms. The first-order valence-electron chi connectivity index (χ1n) is 1.31. The summed E-state index contributed by atoms with van der Waals surface area (Å²) in [7, 11) is -1.98. The van der Waals surface area contributed by atoms with E-state index in [4.69, 9.17) is 10.0 Å². The summed E-state index contributed by atoms with van der Waals surface area (Å²) in [5.74, 6) is 0. The SMILES string of the molecule is OB(O)OCF. The highest BCUT2D eigenvalue weighted by Gasteiger charge is 2.04. The molecule has 36 valence electrons. The number of halogens is 1. The third-order valence-corrected chi connectivity index (χ3v) is 0.212. The fraction of sp³-hybridized carbons (Fsp3) is 1.00. The van der Waals surface area contributed by atoms with Gasteiger partial charge in [0, 0.05) is 0 Å². The van der Waals surface area contributed by atoms with Crippen molar-refractivity contribution in [2.75, 3.05) is 6.86 Å². The Labute approximate surface area is 34.5 Å². The van der Waals surface area contributed by atoms with Gasteiger partial charge in [0.2, 0.25) is 0 Å². The lowest BCUT2D eigenvalue weighted by Gasteiger charge is -1.89. The molecule has 0 rings (SSSR count). The maximum atomic E-state index is 10.7. The third-order valence-electron chi connectivity index (χ3n) is 0.212. The third kappa shape index (κ3) is 3.87. The van der Waals surface area contributed by atoms with Crippen LogP contribution in [0.5, 0.6) is 0 Å². The number of alkyl halides is 1. The Bertz CT molecular complexity index is 32.0. The van der Waals surface area contributed by atoms with E-state index in [2.05, 4.69) is 4.65 Å². The molecule has 0 unspecified atom stereocenters. The highest BCUT2D eigenvalue weighted by atomic mass is 19.1. The van der Waals surface area contributed by atoms with Crippen LogP contribution in [0.3, 0.4) is 0 Å². The monoisotopic (exact) mass is 94.0 g/mol. The van der Waals surface area contributed by atoms with Gasteiger partial charge in [-0.25, -0.2) is 4.39 Å². The van der Waals surface area contributed by atoms with Crippen molar-refractivity contribution in [2.24, 2.45) is 0 Å². The second-order valence-electron chi connectivity index (χ2n) is 0.602. The molecule has 0 amide bonds. The summed E-state index contributed by atoms with van der Waals surface area (Å²) in [4.78, 5) is 0. The Hall–Kier alpha value is -0.125. The van der Waals surface area contributed by atoms with Crippen LogP contribution in [0.25, 0.3) is 0 Å². The van der Waals surface area contributed by atoms with Gasteiger partial charge in [-0.15, -0.1) is 0 Å². The van der Waals surface area contributed by atoms with E-state index < -0.39 is 14.2 Å². The molecule has 0 fully saturated rings. The van der Waals surface area contributed by atoms with Crippen molar-refractivity contribution >= 4 is 7.32 Å². The smallest absolute Gasteiger partial charge is 0.402 e. The molecule has 0 aliphatic heterocycles. The van der Waals surface area contributed by atoms with Gasteiger partial charge in [-0.1, -0.05) is 0 Å². The van der Waals surface area contributed by atoms with E-state index in [9.17, 15) is 4.39 Å². The fourth-order valence-corrected chi connectivity index (χ4v) is 0.0563. The average Bonchev–Trinajstić information content (AvgIpc) is 1.35. The predicted molar refractivity (Wildman–Crippen MR) is 17.3 cm³/mol. The second kappa shape index (κ2) is 3.08. The maximum Gasteiger partial charge on any atom is 0.635 e. The van der Waals surface area contributed by atoms with E-state index in [1.54, 1.807) is 0 Å². The van der Waals surface area contributed by atoms with Crippen molar-refractivity contribution in [3.05, 3.63) is 0 Å². The molecule has 0 aromatic heterocycles. The zero-order valence-corrected chi connectivity index (χ0v) is 2.97. The van der Waals surface area contributed by atoms with Crippen molar-refractivity contribution in [3.8, 4) is 0 Å². The lowest BCUT2D eigenvalue weighted by atomic mass is 10.3. The number of hydrogen-bond donors (Lipinski definition) is 2. The van der Waals surface area contributed by atoms with Crippen LogP contribution in [-0.4, -0.2) is 24.2 Å². The summed E-state index contributed by atoms with van der Waals surface area (Å²) in [5, 5.41) is 15.3. The summed E-state index contributed by atoms with van der Waals surface area (Å²) in [5.41, 5.74) is 0. The highest BCUT2D eigenvalue weighted by Crippen LogP contribution is 1.72. The van der Waals surface area contributed by atoms with Gasteiger partial charge in [0.25, 0.3) is 0 Å². The molecule has 0 aliphatic carbocycles. The van der Waals surface area contributed by atoms with E-state index in [-0.39, 0.29) is 0 Å². The average molecular weight is 93.9 g/mol. The molecule has 0 heterocycles. The molecule has 0 saturated carbocycles. The highest BCUT2D eigenvalue weighted by molar-refractivity contribution is 6.32. The molecule has 0 radical (unpaired) electrons. The molecular formula is CH4BFO3. The second-order valence-corrected chi connectivity index (χ2v) is 0.602. The fourth-order valence-electron chi connectivity index (χ4n) is 0.0563. The maximum absolute atomic E-state index is 10.7. The Balaban J connectivity index is 2.63. The molecule has 5 heteroatoms. The quantitative estimate of drug-likeness (QED) is 0.427. The first-order valence-corrected chi connectivity index (χ1v) is 1.31. The van der Waals surface area contributed by atoms with Crippen molar-refractivity contribution < 1.29 is 19.1 Å². The molecule has 0 bridgehead atoms. The van der Waals surface area contributed by atoms with E-state index in [1.807, 2.05) is 0 Å². The summed E-state index contributed by atoms with van der Waals surface area (Å²) in [6.07, 6.45) is 0. The first kappa shape index (κ1) is 5.87. The molecule has 3 nitrogen and oxygen atoms in total. The molecule has 0 aromatic carbocycles. The van der Waals surface area contributed by atoms with Gasteiger partial charge < -0.3 is 14.7 Å². The van der Waals surface area contributed by atoms with E-state index in [0.717, 1.165) is 0 Å². The minimum atomic E-state index is -1.98. The van der Waals surface area contributed by atoms with Gasteiger partial charge in [-0.3, -0.25) is 0 Å². The van der Waals surface area contributed by atoms with Crippen LogP contribution in [0.4, 0.5) is 4.39 Å². The van der Waals surface area contributed by atoms with Crippen molar-refractivity contribution in [2.45, 2.75) is 0 Å². The van der Waals surface area contributed by atoms with Crippen LogP contribution in [-0.2, 0) is 4.65 Å². The number of rotatable bonds is 2. The molecule has 2 N–H and O–H groups in total. The van der Waals surface area contributed by atoms with Crippen LogP contribution in [0.2, 0.25) is 0 Å². The first-order chi connectivity index (χ1) is 2.77. The molecule has 0 atom stereocenters. The zero-order valence-electron chi connectivity index (χ0n) is 2.97. The van der Waals surface area contributed by atoms with Crippen molar-refractivity contribution in [3.63, 3.8) is 0 Å².